The van der Waals surface area contributed by atoms with Crippen LogP contribution in [0.2, 0.25) is 5.02 Å². The first-order valence-corrected chi connectivity index (χ1v) is 11.4. The van der Waals surface area contributed by atoms with Crippen molar-refractivity contribution in [2.24, 2.45) is 0 Å². The molecule has 33 heavy (non-hydrogen) atoms. The van der Waals surface area contributed by atoms with E-state index in [9.17, 15) is 0 Å². The zero-order valence-corrected chi connectivity index (χ0v) is 19.1. The molecule has 1 aliphatic heterocycles. The minimum Gasteiger partial charge on any atom is -0.474 e. The summed E-state index contributed by atoms with van der Waals surface area (Å²) in [4.78, 5) is 24.4. The van der Waals surface area contributed by atoms with Gasteiger partial charge in [-0.15, -0.1) is 0 Å². The van der Waals surface area contributed by atoms with Gasteiger partial charge < -0.3 is 9.64 Å². The minimum absolute atomic E-state index is 0.0892. The van der Waals surface area contributed by atoms with Crippen LogP contribution < -0.4 is 9.64 Å². The molecule has 0 bridgehead atoms. The summed E-state index contributed by atoms with van der Waals surface area (Å²) in [7, 11) is 0. The highest BCUT2D eigenvalue weighted by Crippen LogP contribution is 2.23. The van der Waals surface area contributed by atoms with Gasteiger partial charge in [-0.2, -0.15) is 0 Å². The van der Waals surface area contributed by atoms with Gasteiger partial charge in [0.05, 0.1) is 5.69 Å². The highest BCUT2D eigenvalue weighted by molar-refractivity contribution is 6.30. The van der Waals surface area contributed by atoms with Crippen molar-refractivity contribution in [2.45, 2.75) is 32.3 Å². The zero-order valence-electron chi connectivity index (χ0n) is 18.3. The molecule has 3 aromatic heterocycles. The van der Waals surface area contributed by atoms with Crippen LogP contribution >= 0.6 is 11.6 Å². The smallest absolute Gasteiger partial charge is 0.225 e. The average Bonchev–Trinajstić information content (AvgIpc) is 3.36. The number of aromatic nitrogens is 6. The molecule has 9 heteroatoms. The van der Waals surface area contributed by atoms with Crippen molar-refractivity contribution in [1.29, 1.82) is 0 Å². The first kappa shape index (κ1) is 21.3. The lowest BCUT2D eigenvalue weighted by Gasteiger charge is -2.31. The summed E-state index contributed by atoms with van der Waals surface area (Å²) in [5, 5.41) is 0.698. The van der Waals surface area contributed by atoms with E-state index in [-0.39, 0.29) is 6.10 Å². The molecule has 0 atom stereocenters. The van der Waals surface area contributed by atoms with Crippen LogP contribution in [0.5, 0.6) is 5.88 Å². The van der Waals surface area contributed by atoms with Crippen molar-refractivity contribution in [3.05, 3.63) is 72.2 Å². The van der Waals surface area contributed by atoms with Crippen molar-refractivity contribution >= 4 is 17.5 Å². The Labute approximate surface area is 197 Å². The Morgan fingerprint density at radius 2 is 1.76 bits per heavy atom. The fourth-order valence-electron chi connectivity index (χ4n) is 3.79. The standard InChI is InChI=1S/C24H24ClN7O/c1-2-17-12-26-24(27-13-17)31-9-7-20(8-10-31)33-23-11-22(28-15-29-23)32-14-21(30-16-32)18-3-5-19(25)6-4-18/h3-6,11-16,20H,2,7-10H2,1H3. The Morgan fingerprint density at radius 1 is 1.00 bits per heavy atom. The van der Waals surface area contributed by atoms with Gasteiger partial charge >= 0.3 is 0 Å². The number of anilines is 1. The summed E-state index contributed by atoms with van der Waals surface area (Å²) in [6.07, 6.45) is 11.8. The zero-order chi connectivity index (χ0) is 22.6. The Hall–Kier alpha value is -3.52. The van der Waals surface area contributed by atoms with Gasteiger partial charge in [0.2, 0.25) is 11.8 Å². The normalized spacial score (nSPS) is 14.4. The van der Waals surface area contributed by atoms with Crippen LogP contribution in [0.4, 0.5) is 5.95 Å². The molecule has 8 nitrogen and oxygen atoms in total. The number of benzene rings is 1. The number of ether oxygens (including phenoxy) is 1. The van der Waals surface area contributed by atoms with E-state index in [1.54, 1.807) is 6.33 Å². The molecule has 0 radical (unpaired) electrons. The van der Waals surface area contributed by atoms with Gasteiger partial charge in [0, 0.05) is 61.2 Å². The fourth-order valence-corrected chi connectivity index (χ4v) is 3.92. The molecule has 1 fully saturated rings. The molecule has 1 aliphatic rings. The van der Waals surface area contributed by atoms with Crippen LogP contribution in [0.15, 0.2) is 61.6 Å². The van der Waals surface area contributed by atoms with E-state index < -0.39 is 0 Å². The molecule has 0 spiro atoms. The number of nitrogens with zero attached hydrogens (tertiary/aromatic N) is 7. The van der Waals surface area contributed by atoms with Crippen LogP contribution in [-0.2, 0) is 6.42 Å². The van der Waals surface area contributed by atoms with Gasteiger partial charge in [-0.1, -0.05) is 30.7 Å². The molecule has 5 rings (SSSR count). The molecular formula is C24H24ClN7O. The fraction of sp³-hybridized carbons (Fsp3) is 0.292. The first-order valence-electron chi connectivity index (χ1n) is 11.0. The highest BCUT2D eigenvalue weighted by atomic mass is 35.5. The molecule has 168 valence electrons. The van der Waals surface area contributed by atoms with E-state index in [2.05, 4.69) is 36.7 Å². The lowest BCUT2D eigenvalue weighted by Crippen LogP contribution is -2.39. The molecule has 1 saturated heterocycles. The summed E-state index contributed by atoms with van der Waals surface area (Å²) >= 11 is 5.98. The van der Waals surface area contributed by atoms with E-state index in [4.69, 9.17) is 16.3 Å². The molecule has 4 heterocycles. The molecule has 4 aromatic rings. The van der Waals surface area contributed by atoms with Gasteiger partial charge in [0.25, 0.3) is 0 Å². The maximum atomic E-state index is 6.18. The highest BCUT2D eigenvalue weighted by Gasteiger charge is 2.23. The third-order valence-electron chi connectivity index (χ3n) is 5.73. The van der Waals surface area contributed by atoms with Crippen LogP contribution in [0.25, 0.3) is 17.1 Å². The van der Waals surface area contributed by atoms with E-state index in [1.165, 1.54) is 6.33 Å². The lowest BCUT2D eigenvalue weighted by atomic mass is 10.1. The van der Waals surface area contributed by atoms with Crippen molar-refractivity contribution in [2.75, 3.05) is 18.0 Å². The topological polar surface area (TPSA) is 81.9 Å². The number of imidazole rings is 1. The largest absolute Gasteiger partial charge is 0.474 e. The summed E-state index contributed by atoms with van der Waals surface area (Å²) in [6, 6.07) is 9.43. The van der Waals surface area contributed by atoms with Gasteiger partial charge in [0.15, 0.2) is 0 Å². The van der Waals surface area contributed by atoms with Crippen molar-refractivity contribution in [3.8, 4) is 23.0 Å². The SMILES string of the molecule is CCc1cnc(N2CCC(Oc3cc(-n4cnc(-c5ccc(Cl)cc5)c4)ncn3)CC2)nc1. The Bertz CT molecular complexity index is 1200. The number of aryl methyl sites for hydroxylation is 1. The van der Waals surface area contributed by atoms with E-state index in [0.717, 1.165) is 55.1 Å². The molecule has 0 aliphatic carbocycles. The summed E-state index contributed by atoms with van der Waals surface area (Å²) in [5.74, 6) is 2.05. The van der Waals surface area contributed by atoms with Crippen molar-refractivity contribution < 1.29 is 4.74 Å². The predicted octanol–water partition coefficient (Wildman–Crippen LogP) is 4.38. The van der Waals surface area contributed by atoms with Gasteiger partial charge in [-0.25, -0.2) is 24.9 Å². The monoisotopic (exact) mass is 461 g/mol. The Morgan fingerprint density at radius 3 is 2.48 bits per heavy atom. The number of hydrogen-bond donors (Lipinski definition) is 0. The Balaban J connectivity index is 1.22. The maximum absolute atomic E-state index is 6.18. The molecular weight excluding hydrogens is 438 g/mol. The lowest BCUT2D eigenvalue weighted by molar-refractivity contribution is 0.163. The van der Waals surface area contributed by atoms with Crippen molar-refractivity contribution in [1.82, 2.24) is 29.5 Å². The maximum Gasteiger partial charge on any atom is 0.225 e. The number of rotatable bonds is 6. The molecule has 1 aromatic carbocycles. The van der Waals surface area contributed by atoms with E-state index >= 15 is 0 Å². The summed E-state index contributed by atoms with van der Waals surface area (Å²) < 4.78 is 8.04. The van der Waals surface area contributed by atoms with Crippen LogP contribution in [-0.4, -0.2) is 48.7 Å². The second-order valence-electron chi connectivity index (χ2n) is 7.94. The quantitative estimate of drug-likeness (QED) is 0.421. The second kappa shape index (κ2) is 9.54. The van der Waals surface area contributed by atoms with Crippen molar-refractivity contribution in [3.63, 3.8) is 0 Å². The average molecular weight is 462 g/mol. The number of piperidine rings is 1. The molecule has 0 saturated carbocycles. The minimum atomic E-state index is 0.0892. The van der Waals surface area contributed by atoms with Crippen LogP contribution in [0, 0.1) is 0 Å². The third kappa shape index (κ3) is 4.96. The second-order valence-corrected chi connectivity index (χ2v) is 8.37. The number of hydrogen-bond acceptors (Lipinski definition) is 7. The molecule has 0 amide bonds. The van der Waals surface area contributed by atoms with Gasteiger partial charge in [-0.05, 0) is 24.1 Å². The summed E-state index contributed by atoms with van der Waals surface area (Å²) in [5.41, 5.74) is 2.98. The van der Waals surface area contributed by atoms with Crippen LogP contribution in [0.3, 0.4) is 0 Å². The van der Waals surface area contributed by atoms with Gasteiger partial charge in [-0.3, -0.25) is 4.57 Å². The number of halogens is 1. The van der Waals surface area contributed by atoms with E-state index in [1.807, 2.05) is 53.5 Å². The Kier molecular flexibility index (Phi) is 6.17. The predicted molar refractivity (Wildman–Crippen MR) is 127 cm³/mol. The van der Waals surface area contributed by atoms with Gasteiger partial charge in [0.1, 0.15) is 24.6 Å². The third-order valence-corrected chi connectivity index (χ3v) is 5.98. The molecule has 0 N–H and O–H groups in total. The van der Waals surface area contributed by atoms with Crippen LogP contribution in [0.1, 0.15) is 25.3 Å². The van der Waals surface area contributed by atoms with E-state index in [0.29, 0.717) is 16.7 Å². The first-order chi connectivity index (χ1) is 16.2. The molecule has 0 unspecified atom stereocenters. The summed E-state index contributed by atoms with van der Waals surface area (Å²) in [6.45, 7) is 3.80.